The minimum Gasteiger partial charge on any atom is -0.457 e. The Hall–Kier alpha value is -3.01. The van der Waals surface area contributed by atoms with Crippen LogP contribution in [0, 0.1) is 23.6 Å². The summed E-state index contributed by atoms with van der Waals surface area (Å²) in [5, 5.41) is 0. The first kappa shape index (κ1) is 23.4. The van der Waals surface area contributed by atoms with Crippen molar-refractivity contribution in [2.75, 3.05) is 44.3 Å². The van der Waals surface area contributed by atoms with Crippen molar-refractivity contribution < 1.29 is 22.3 Å². The predicted octanol–water partition coefficient (Wildman–Crippen LogP) is 3.96. The molecular formula is C27H28FN3O4S. The maximum Gasteiger partial charge on any atom is 0.243 e. The molecule has 1 saturated carbocycles. The summed E-state index contributed by atoms with van der Waals surface area (Å²) in [5.41, 5.74) is 1.61. The van der Waals surface area contributed by atoms with Gasteiger partial charge in [0.1, 0.15) is 17.3 Å². The van der Waals surface area contributed by atoms with Crippen LogP contribution in [0.2, 0.25) is 0 Å². The van der Waals surface area contributed by atoms with Crippen molar-refractivity contribution in [1.29, 1.82) is 0 Å². The number of aromatic nitrogens is 1. The molecule has 9 heteroatoms. The fourth-order valence-electron chi connectivity index (χ4n) is 5.49. The van der Waals surface area contributed by atoms with Crippen LogP contribution in [0.3, 0.4) is 0 Å². The van der Waals surface area contributed by atoms with Crippen molar-refractivity contribution in [2.24, 2.45) is 17.8 Å². The molecule has 0 spiro atoms. The molecule has 36 heavy (non-hydrogen) atoms. The SMILES string of the molecule is O=S(=O)(c1ccc(Oc2ccncc2)cc1)N1CC2C(Cc3ccc(N4CCOCC4)c(F)c3)C2C1. The summed E-state index contributed by atoms with van der Waals surface area (Å²) < 4.78 is 53.8. The van der Waals surface area contributed by atoms with E-state index in [2.05, 4.69) is 4.98 Å². The normalized spacial score (nSPS) is 23.9. The number of hydrogen-bond donors (Lipinski definition) is 0. The molecule has 6 rings (SSSR count). The molecule has 2 unspecified atom stereocenters. The highest BCUT2D eigenvalue weighted by Gasteiger charge is 2.57. The molecule has 1 aromatic heterocycles. The van der Waals surface area contributed by atoms with Crippen molar-refractivity contribution in [3.63, 3.8) is 0 Å². The molecule has 1 aliphatic carbocycles. The third-order valence-electron chi connectivity index (χ3n) is 7.52. The van der Waals surface area contributed by atoms with Gasteiger partial charge in [-0.2, -0.15) is 4.31 Å². The number of sulfonamides is 1. The molecule has 3 heterocycles. The van der Waals surface area contributed by atoms with Crippen LogP contribution in [0.15, 0.2) is 71.9 Å². The molecule has 2 aliphatic heterocycles. The number of pyridine rings is 1. The van der Waals surface area contributed by atoms with E-state index in [1.54, 1.807) is 59.2 Å². The lowest BCUT2D eigenvalue weighted by atomic mass is 10.0. The number of piperidine rings is 1. The number of benzene rings is 2. The first-order valence-electron chi connectivity index (χ1n) is 12.3. The Balaban J connectivity index is 1.05. The summed E-state index contributed by atoms with van der Waals surface area (Å²) in [6.07, 6.45) is 4.05. The molecule has 0 radical (unpaired) electrons. The lowest BCUT2D eigenvalue weighted by Crippen LogP contribution is -2.36. The lowest BCUT2D eigenvalue weighted by Gasteiger charge is -2.29. The average Bonchev–Trinajstić information content (AvgIpc) is 3.31. The Morgan fingerprint density at radius 1 is 0.944 bits per heavy atom. The van der Waals surface area contributed by atoms with Crippen LogP contribution in [-0.4, -0.2) is 57.1 Å². The van der Waals surface area contributed by atoms with E-state index in [9.17, 15) is 12.8 Å². The van der Waals surface area contributed by atoms with E-state index in [1.165, 1.54) is 0 Å². The second-order valence-corrected chi connectivity index (χ2v) is 11.6. The molecule has 3 aliphatic rings. The lowest BCUT2D eigenvalue weighted by molar-refractivity contribution is 0.122. The molecular weight excluding hydrogens is 481 g/mol. The Labute approximate surface area is 210 Å². The topological polar surface area (TPSA) is 72.0 Å². The number of nitrogens with zero attached hydrogens (tertiary/aromatic N) is 3. The van der Waals surface area contributed by atoms with Gasteiger partial charge in [0.15, 0.2) is 0 Å². The van der Waals surface area contributed by atoms with Gasteiger partial charge < -0.3 is 14.4 Å². The number of morpholine rings is 1. The van der Waals surface area contributed by atoms with Gasteiger partial charge >= 0.3 is 0 Å². The second kappa shape index (κ2) is 9.46. The molecule has 2 aromatic carbocycles. The van der Waals surface area contributed by atoms with Crippen LogP contribution in [0.25, 0.3) is 0 Å². The molecule has 3 aromatic rings. The number of halogens is 1. The first-order valence-corrected chi connectivity index (χ1v) is 13.7. The molecule has 0 amide bonds. The number of hydrogen-bond acceptors (Lipinski definition) is 6. The fourth-order valence-corrected chi connectivity index (χ4v) is 7.01. The smallest absolute Gasteiger partial charge is 0.243 e. The Kier molecular flexibility index (Phi) is 6.15. The van der Waals surface area contributed by atoms with Gasteiger partial charge in [-0.1, -0.05) is 6.07 Å². The van der Waals surface area contributed by atoms with Crippen molar-refractivity contribution in [2.45, 2.75) is 11.3 Å². The summed E-state index contributed by atoms with van der Waals surface area (Å²) in [6.45, 7) is 3.68. The van der Waals surface area contributed by atoms with Gasteiger partial charge in [0.2, 0.25) is 10.0 Å². The zero-order valence-corrected chi connectivity index (χ0v) is 20.6. The van der Waals surface area contributed by atoms with E-state index < -0.39 is 10.0 Å². The number of anilines is 1. The van der Waals surface area contributed by atoms with E-state index in [0.717, 1.165) is 12.0 Å². The average molecular weight is 510 g/mol. The largest absolute Gasteiger partial charge is 0.457 e. The molecule has 3 fully saturated rings. The van der Waals surface area contributed by atoms with E-state index in [-0.39, 0.29) is 10.7 Å². The second-order valence-electron chi connectivity index (χ2n) is 9.66. The van der Waals surface area contributed by atoms with Crippen molar-refractivity contribution >= 4 is 15.7 Å². The van der Waals surface area contributed by atoms with E-state index in [1.807, 2.05) is 17.0 Å². The third-order valence-corrected chi connectivity index (χ3v) is 9.37. The summed E-state index contributed by atoms with van der Waals surface area (Å²) >= 11 is 0. The summed E-state index contributed by atoms with van der Waals surface area (Å²) in [7, 11) is -3.56. The van der Waals surface area contributed by atoms with Crippen molar-refractivity contribution in [3.8, 4) is 11.5 Å². The number of fused-ring (bicyclic) bond motifs is 1. The molecule has 0 N–H and O–H groups in total. The Bertz CT molecular complexity index is 1320. The molecule has 7 nitrogen and oxygen atoms in total. The molecule has 188 valence electrons. The number of rotatable bonds is 7. The van der Waals surface area contributed by atoms with Crippen LogP contribution in [0.5, 0.6) is 11.5 Å². The van der Waals surface area contributed by atoms with Gasteiger partial charge in [0.05, 0.1) is 23.8 Å². The van der Waals surface area contributed by atoms with Crippen molar-refractivity contribution in [3.05, 3.63) is 78.4 Å². The highest BCUT2D eigenvalue weighted by atomic mass is 32.2. The Morgan fingerprint density at radius 3 is 2.28 bits per heavy atom. The summed E-state index contributed by atoms with van der Waals surface area (Å²) in [6, 6.07) is 15.5. The van der Waals surface area contributed by atoms with Crippen molar-refractivity contribution in [1.82, 2.24) is 9.29 Å². The van der Waals surface area contributed by atoms with Gasteiger partial charge in [0, 0.05) is 38.6 Å². The van der Waals surface area contributed by atoms with Crippen LogP contribution >= 0.6 is 0 Å². The van der Waals surface area contributed by atoms with E-state index in [0.29, 0.717) is 74.3 Å². The van der Waals surface area contributed by atoms with Gasteiger partial charge in [0.25, 0.3) is 0 Å². The number of ether oxygens (including phenoxy) is 2. The van der Waals surface area contributed by atoms with Gasteiger partial charge in [-0.05, 0) is 78.3 Å². The maximum atomic E-state index is 14.8. The van der Waals surface area contributed by atoms with E-state index in [4.69, 9.17) is 9.47 Å². The third kappa shape index (κ3) is 4.58. The Morgan fingerprint density at radius 2 is 1.61 bits per heavy atom. The molecule has 2 atom stereocenters. The first-order chi connectivity index (χ1) is 17.5. The fraction of sp³-hybridized carbons (Fsp3) is 0.370. The highest BCUT2D eigenvalue weighted by molar-refractivity contribution is 7.89. The van der Waals surface area contributed by atoms with Gasteiger partial charge in [-0.3, -0.25) is 4.98 Å². The predicted molar refractivity (Wildman–Crippen MR) is 133 cm³/mol. The van der Waals surface area contributed by atoms with Gasteiger partial charge in [-0.25, -0.2) is 12.8 Å². The minimum atomic E-state index is -3.56. The van der Waals surface area contributed by atoms with Crippen LogP contribution in [0.1, 0.15) is 5.56 Å². The minimum absolute atomic E-state index is 0.194. The van der Waals surface area contributed by atoms with Crippen LogP contribution in [-0.2, 0) is 21.2 Å². The van der Waals surface area contributed by atoms with E-state index >= 15 is 0 Å². The zero-order valence-electron chi connectivity index (χ0n) is 19.8. The standard InChI is InChI=1S/C27H28FN3O4S/c28-26-16-19(1-6-27(26)30-11-13-34-14-12-30)15-23-24-17-31(18-25(23)24)36(32,33)22-4-2-20(3-5-22)35-21-7-9-29-10-8-21/h1-10,16,23-25H,11-15,17-18H2. The maximum absolute atomic E-state index is 14.8. The van der Waals surface area contributed by atoms with Gasteiger partial charge in [-0.15, -0.1) is 0 Å². The quantitative estimate of drug-likeness (QED) is 0.480. The monoisotopic (exact) mass is 509 g/mol. The molecule has 2 saturated heterocycles. The highest BCUT2D eigenvalue weighted by Crippen LogP contribution is 2.54. The summed E-state index contributed by atoms with van der Waals surface area (Å²) in [5.74, 6) is 2.08. The van der Waals surface area contributed by atoms with Crippen LogP contribution in [0.4, 0.5) is 10.1 Å². The molecule has 0 bridgehead atoms. The van der Waals surface area contributed by atoms with Crippen LogP contribution < -0.4 is 9.64 Å². The summed E-state index contributed by atoms with van der Waals surface area (Å²) in [4.78, 5) is 6.24. The zero-order chi connectivity index (χ0) is 24.7.